The van der Waals surface area contributed by atoms with E-state index in [-0.39, 0.29) is 18.5 Å². The maximum Gasteiger partial charge on any atom is 0.315 e. The first kappa shape index (κ1) is 18.7. The fraction of sp³-hybridized carbons (Fsp3) is 0.579. The molecule has 2 heterocycles. The molecular formula is C19H28N4O3. The fourth-order valence-corrected chi connectivity index (χ4v) is 3.36. The lowest BCUT2D eigenvalue weighted by atomic mass is 10.1. The van der Waals surface area contributed by atoms with Crippen molar-refractivity contribution in [3.63, 3.8) is 0 Å². The standard InChI is InChI=1S/C19H28N4O3/c24-18(23-7-3-4-8-23)14-21-19(25)20-13-16-5-1-2-6-17(16)15-22-9-11-26-12-10-22/h1-2,5-6H,3-4,7-15H2,(H2,20,21,25). The third-order valence-corrected chi connectivity index (χ3v) is 4.91. The molecule has 2 saturated heterocycles. The number of urea groups is 1. The van der Waals surface area contributed by atoms with Crippen molar-refractivity contribution in [2.45, 2.75) is 25.9 Å². The average molecular weight is 360 g/mol. The Hall–Kier alpha value is -2.12. The van der Waals surface area contributed by atoms with Gasteiger partial charge in [-0.05, 0) is 24.0 Å². The molecule has 2 N–H and O–H groups in total. The SMILES string of the molecule is O=C(NCC(=O)N1CCCC1)NCc1ccccc1CN1CCOCC1. The molecule has 0 atom stereocenters. The third-order valence-electron chi connectivity index (χ3n) is 4.91. The minimum atomic E-state index is -0.307. The Labute approximate surface area is 154 Å². The zero-order chi connectivity index (χ0) is 18.2. The molecule has 0 saturated carbocycles. The van der Waals surface area contributed by atoms with Crippen LogP contribution in [0.25, 0.3) is 0 Å². The summed E-state index contributed by atoms with van der Waals surface area (Å²) in [7, 11) is 0. The maximum absolute atomic E-state index is 12.0. The largest absolute Gasteiger partial charge is 0.379 e. The molecule has 26 heavy (non-hydrogen) atoms. The van der Waals surface area contributed by atoms with Gasteiger partial charge in [-0.3, -0.25) is 9.69 Å². The predicted octanol–water partition coefficient (Wildman–Crippen LogP) is 0.940. The smallest absolute Gasteiger partial charge is 0.315 e. The van der Waals surface area contributed by atoms with E-state index in [1.165, 1.54) is 5.56 Å². The Balaban J connectivity index is 1.44. The van der Waals surface area contributed by atoms with Crippen LogP contribution in [0.2, 0.25) is 0 Å². The molecule has 0 unspecified atom stereocenters. The molecule has 142 valence electrons. The van der Waals surface area contributed by atoms with Gasteiger partial charge in [-0.2, -0.15) is 0 Å². The van der Waals surface area contributed by atoms with E-state index in [4.69, 9.17) is 4.74 Å². The Kier molecular flexibility index (Phi) is 6.85. The first-order valence-electron chi connectivity index (χ1n) is 9.39. The molecule has 1 aromatic rings. The van der Waals surface area contributed by atoms with Gasteiger partial charge in [-0.15, -0.1) is 0 Å². The predicted molar refractivity (Wildman–Crippen MR) is 98.6 cm³/mol. The van der Waals surface area contributed by atoms with Gasteiger partial charge in [0.15, 0.2) is 0 Å². The molecule has 2 aliphatic heterocycles. The summed E-state index contributed by atoms with van der Waals surface area (Å²) in [5.74, 6) is -0.00892. The van der Waals surface area contributed by atoms with E-state index in [2.05, 4.69) is 21.6 Å². The van der Waals surface area contributed by atoms with Gasteiger partial charge >= 0.3 is 6.03 Å². The number of nitrogens with zero attached hydrogens (tertiary/aromatic N) is 2. The molecule has 2 fully saturated rings. The number of hydrogen-bond acceptors (Lipinski definition) is 4. The minimum absolute atomic E-state index is 0.00892. The summed E-state index contributed by atoms with van der Waals surface area (Å²) in [6.07, 6.45) is 2.11. The van der Waals surface area contributed by atoms with Gasteiger partial charge in [0.2, 0.25) is 5.91 Å². The van der Waals surface area contributed by atoms with Crippen LogP contribution in [0.4, 0.5) is 4.79 Å². The Bertz CT molecular complexity index is 611. The topological polar surface area (TPSA) is 73.9 Å². The van der Waals surface area contributed by atoms with E-state index >= 15 is 0 Å². The molecule has 0 radical (unpaired) electrons. The van der Waals surface area contributed by atoms with Crippen LogP contribution in [-0.2, 0) is 22.6 Å². The summed E-state index contributed by atoms with van der Waals surface area (Å²) in [6, 6.07) is 7.83. The Morgan fingerprint density at radius 3 is 2.38 bits per heavy atom. The molecule has 0 bridgehead atoms. The van der Waals surface area contributed by atoms with Crippen molar-refractivity contribution in [1.82, 2.24) is 20.4 Å². The van der Waals surface area contributed by atoms with Crippen molar-refractivity contribution in [3.8, 4) is 0 Å². The van der Waals surface area contributed by atoms with Gasteiger partial charge in [0.05, 0.1) is 19.8 Å². The number of benzene rings is 1. The van der Waals surface area contributed by atoms with E-state index in [9.17, 15) is 9.59 Å². The molecular weight excluding hydrogens is 332 g/mol. The second-order valence-electron chi connectivity index (χ2n) is 6.78. The summed E-state index contributed by atoms with van der Waals surface area (Å²) >= 11 is 0. The minimum Gasteiger partial charge on any atom is -0.379 e. The monoisotopic (exact) mass is 360 g/mol. The van der Waals surface area contributed by atoms with E-state index in [1.54, 1.807) is 4.90 Å². The van der Waals surface area contributed by atoms with Crippen LogP contribution in [0.3, 0.4) is 0 Å². The van der Waals surface area contributed by atoms with Gasteiger partial charge in [0.1, 0.15) is 0 Å². The number of amides is 3. The summed E-state index contributed by atoms with van der Waals surface area (Å²) in [5.41, 5.74) is 2.31. The van der Waals surface area contributed by atoms with Crippen molar-refractivity contribution in [2.24, 2.45) is 0 Å². The van der Waals surface area contributed by atoms with E-state index in [0.29, 0.717) is 6.54 Å². The van der Waals surface area contributed by atoms with Crippen LogP contribution < -0.4 is 10.6 Å². The summed E-state index contributed by atoms with van der Waals surface area (Å²) in [5, 5.41) is 5.52. The van der Waals surface area contributed by atoms with Crippen LogP contribution >= 0.6 is 0 Å². The summed E-state index contributed by atoms with van der Waals surface area (Å²) < 4.78 is 5.39. The van der Waals surface area contributed by atoms with Crippen molar-refractivity contribution in [2.75, 3.05) is 45.9 Å². The summed E-state index contributed by atoms with van der Waals surface area (Å²) in [4.78, 5) is 28.1. The average Bonchev–Trinajstić information content (AvgIpc) is 3.21. The van der Waals surface area contributed by atoms with Crippen LogP contribution in [0.5, 0.6) is 0 Å². The van der Waals surface area contributed by atoms with Crippen LogP contribution in [0.15, 0.2) is 24.3 Å². The highest BCUT2D eigenvalue weighted by Gasteiger charge is 2.18. The van der Waals surface area contributed by atoms with Crippen LogP contribution in [0, 0.1) is 0 Å². The van der Waals surface area contributed by atoms with Crippen LogP contribution in [0.1, 0.15) is 24.0 Å². The lowest BCUT2D eigenvalue weighted by Gasteiger charge is -2.27. The third kappa shape index (κ3) is 5.44. The zero-order valence-corrected chi connectivity index (χ0v) is 15.2. The van der Waals surface area contributed by atoms with Crippen molar-refractivity contribution in [3.05, 3.63) is 35.4 Å². The second kappa shape index (κ2) is 9.54. The molecule has 3 rings (SSSR count). The Morgan fingerprint density at radius 2 is 1.65 bits per heavy atom. The number of carbonyl (C=O) groups excluding carboxylic acids is 2. The van der Waals surface area contributed by atoms with Crippen LogP contribution in [-0.4, -0.2) is 67.7 Å². The van der Waals surface area contributed by atoms with E-state index in [0.717, 1.165) is 64.3 Å². The fourth-order valence-electron chi connectivity index (χ4n) is 3.36. The number of likely N-dealkylation sites (tertiary alicyclic amines) is 1. The highest BCUT2D eigenvalue weighted by atomic mass is 16.5. The lowest BCUT2D eigenvalue weighted by molar-refractivity contribution is -0.128. The molecule has 1 aromatic carbocycles. The highest BCUT2D eigenvalue weighted by Crippen LogP contribution is 2.13. The molecule has 0 aromatic heterocycles. The molecule has 3 amide bonds. The van der Waals surface area contributed by atoms with Gasteiger partial charge in [-0.25, -0.2) is 4.79 Å². The number of morpholine rings is 1. The number of ether oxygens (including phenoxy) is 1. The first-order chi connectivity index (χ1) is 12.7. The number of hydrogen-bond donors (Lipinski definition) is 2. The molecule has 7 nitrogen and oxygen atoms in total. The Morgan fingerprint density at radius 1 is 0.962 bits per heavy atom. The van der Waals surface area contributed by atoms with Gasteiger partial charge in [-0.1, -0.05) is 24.3 Å². The van der Waals surface area contributed by atoms with E-state index in [1.807, 2.05) is 18.2 Å². The molecule has 0 aliphatic carbocycles. The number of carbonyl (C=O) groups is 2. The molecule has 0 spiro atoms. The number of rotatable bonds is 6. The van der Waals surface area contributed by atoms with Gasteiger partial charge in [0.25, 0.3) is 0 Å². The maximum atomic E-state index is 12.0. The van der Waals surface area contributed by atoms with Gasteiger partial charge < -0.3 is 20.3 Å². The van der Waals surface area contributed by atoms with E-state index < -0.39 is 0 Å². The lowest BCUT2D eigenvalue weighted by Crippen LogP contribution is -2.42. The normalized spacial score (nSPS) is 17.9. The first-order valence-corrected chi connectivity index (χ1v) is 9.39. The van der Waals surface area contributed by atoms with Crippen molar-refractivity contribution >= 4 is 11.9 Å². The molecule has 7 heteroatoms. The molecule has 2 aliphatic rings. The number of nitrogens with one attached hydrogen (secondary N) is 2. The quantitative estimate of drug-likeness (QED) is 0.792. The summed E-state index contributed by atoms with van der Waals surface area (Å²) in [6.45, 7) is 6.37. The van der Waals surface area contributed by atoms with Crippen molar-refractivity contribution in [1.29, 1.82) is 0 Å². The van der Waals surface area contributed by atoms with Crippen molar-refractivity contribution < 1.29 is 14.3 Å². The van der Waals surface area contributed by atoms with Gasteiger partial charge in [0, 0.05) is 39.3 Å². The highest BCUT2D eigenvalue weighted by molar-refractivity contribution is 5.84. The second-order valence-corrected chi connectivity index (χ2v) is 6.78. The zero-order valence-electron chi connectivity index (χ0n) is 15.2.